The number of nitrogens with one attached hydrogen (secondary N) is 1. The summed E-state index contributed by atoms with van der Waals surface area (Å²) in [6.07, 6.45) is 5.10. The highest BCUT2D eigenvalue weighted by Gasteiger charge is 1.96. The molecule has 2 aromatic heterocycles. The normalized spacial score (nSPS) is 10.1. The van der Waals surface area contributed by atoms with Gasteiger partial charge in [-0.3, -0.25) is 0 Å². The minimum absolute atomic E-state index is 0.646. The highest BCUT2D eigenvalue weighted by Crippen LogP contribution is 2.04. The minimum atomic E-state index is 0.646. The van der Waals surface area contributed by atoms with Gasteiger partial charge >= 0.3 is 0 Å². The van der Waals surface area contributed by atoms with E-state index in [9.17, 15) is 0 Å². The molecule has 0 atom stereocenters. The van der Waals surface area contributed by atoms with Gasteiger partial charge in [-0.2, -0.15) is 0 Å². The predicted molar refractivity (Wildman–Crippen MR) is 50.6 cm³/mol. The van der Waals surface area contributed by atoms with Gasteiger partial charge in [0.2, 0.25) is 0 Å². The Balaban J connectivity index is 1.95. The zero-order chi connectivity index (χ0) is 9.80. The van der Waals surface area contributed by atoms with Crippen molar-refractivity contribution in [1.29, 1.82) is 0 Å². The van der Waals surface area contributed by atoms with Crippen molar-refractivity contribution in [2.75, 3.05) is 5.32 Å². The van der Waals surface area contributed by atoms with Crippen LogP contribution in [-0.2, 0) is 6.54 Å². The Hall–Kier alpha value is -1.91. The Morgan fingerprint density at radius 1 is 1.36 bits per heavy atom. The number of aryl methyl sites for hydroxylation is 1. The lowest BCUT2D eigenvalue weighted by molar-refractivity contribution is 0.422. The van der Waals surface area contributed by atoms with Crippen molar-refractivity contribution in [3.05, 3.63) is 36.1 Å². The van der Waals surface area contributed by atoms with Gasteiger partial charge in [0, 0.05) is 30.6 Å². The van der Waals surface area contributed by atoms with Crippen molar-refractivity contribution < 1.29 is 4.52 Å². The van der Waals surface area contributed by atoms with Crippen LogP contribution in [0.25, 0.3) is 0 Å². The van der Waals surface area contributed by atoms with E-state index in [1.54, 1.807) is 18.5 Å². The van der Waals surface area contributed by atoms with Gasteiger partial charge in [-0.05, 0) is 6.92 Å². The molecule has 0 aliphatic rings. The molecule has 2 aromatic rings. The summed E-state index contributed by atoms with van der Waals surface area (Å²) in [4.78, 5) is 8.17. The highest BCUT2D eigenvalue weighted by molar-refractivity contribution is 5.31. The molecule has 5 nitrogen and oxygen atoms in total. The van der Waals surface area contributed by atoms with E-state index >= 15 is 0 Å². The summed E-state index contributed by atoms with van der Waals surface area (Å²) in [5.74, 6) is 1.49. The summed E-state index contributed by atoms with van der Waals surface area (Å²) in [5.41, 5.74) is 1.01. The molecule has 0 aromatic carbocycles. The smallest absolute Gasteiger partial charge is 0.169 e. The standard InChI is InChI=1S/C9H10N4O/c1-7-10-4-8(5-11-7)6-12-9-2-3-14-13-9/h2-5H,6H2,1H3,(H,12,13). The molecule has 2 heterocycles. The van der Waals surface area contributed by atoms with Crippen molar-refractivity contribution in [2.45, 2.75) is 13.5 Å². The van der Waals surface area contributed by atoms with E-state index in [0.717, 1.165) is 11.4 Å². The highest BCUT2D eigenvalue weighted by atomic mass is 16.5. The fraction of sp³-hybridized carbons (Fsp3) is 0.222. The molecule has 0 unspecified atom stereocenters. The minimum Gasteiger partial charge on any atom is -0.363 e. The van der Waals surface area contributed by atoms with Crippen LogP contribution in [-0.4, -0.2) is 15.1 Å². The molecule has 72 valence electrons. The molecule has 0 radical (unpaired) electrons. The van der Waals surface area contributed by atoms with Crippen molar-refractivity contribution in [2.24, 2.45) is 0 Å². The van der Waals surface area contributed by atoms with E-state index in [0.29, 0.717) is 12.4 Å². The number of hydrogen-bond donors (Lipinski definition) is 1. The molecule has 0 saturated carbocycles. The van der Waals surface area contributed by atoms with Crippen LogP contribution in [0.15, 0.2) is 29.2 Å². The molecule has 2 rings (SSSR count). The maximum absolute atomic E-state index is 4.68. The Labute approximate surface area is 81.2 Å². The molecule has 0 bridgehead atoms. The third-order valence-electron chi connectivity index (χ3n) is 1.75. The number of nitrogens with zero attached hydrogens (tertiary/aromatic N) is 3. The Morgan fingerprint density at radius 3 is 2.79 bits per heavy atom. The Kier molecular flexibility index (Phi) is 2.40. The second kappa shape index (κ2) is 3.87. The first-order valence-electron chi connectivity index (χ1n) is 4.26. The molecule has 14 heavy (non-hydrogen) atoms. The monoisotopic (exact) mass is 190 g/mol. The van der Waals surface area contributed by atoms with Gasteiger partial charge in [0.15, 0.2) is 5.82 Å². The summed E-state index contributed by atoms with van der Waals surface area (Å²) in [5, 5.41) is 6.80. The van der Waals surface area contributed by atoms with Gasteiger partial charge in [-0.1, -0.05) is 5.16 Å². The van der Waals surface area contributed by atoms with Crippen LogP contribution in [0.5, 0.6) is 0 Å². The lowest BCUT2D eigenvalue weighted by Crippen LogP contribution is -2.01. The maximum atomic E-state index is 4.68. The van der Waals surface area contributed by atoms with Gasteiger partial charge in [0.05, 0.1) is 0 Å². The van der Waals surface area contributed by atoms with Crippen LogP contribution in [0.4, 0.5) is 5.82 Å². The average molecular weight is 190 g/mol. The third kappa shape index (κ3) is 2.07. The predicted octanol–water partition coefficient (Wildman–Crippen LogP) is 1.39. The zero-order valence-electron chi connectivity index (χ0n) is 7.77. The van der Waals surface area contributed by atoms with E-state index in [4.69, 9.17) is 0 Å². The average Bonchev–Trinajstić information content (AvgIpc) is 2.70. The second-order valence-corrected chi connectivity index (χ2v) is 2.88. The first-order chi connectivity index (χ1) is 6.84. The summed E-state index contributed by atoms with van der Waals surface area (Å²) >= 11 is 0. The molecule has 0 aliphatic heterocycles. The molecule has 0 saturated heterocycles. The Bertz CT molecular complexity index is 382. The van der Waals surface area contributed by atoms with Crippen LogP contribution in [0.1, 0.15) is 11.4 Å². The summed E-state index contributed by atoms with van der Waals surface area (Å²) in [6.45, 7) is 2.50. The van der Waals surface area contributed by atoms with Crippen LogP contribution in [0.2, 0.25) is 0 Å². The Morgan fingerprint density at radius 2 is 2.14 bits per heavy atom. The van der Waals surface area contributed by atoms with Crippen LogP contribution < -0.4 is 5.32 Å². The molecule has 0 aliphatic carbocycles. The fourth-order valence-corrected chi connectivity index (χ4v) is 1.01. The molecule has 1 N–H and O–H groups in total. The molecule has 5 heteroatoms. The molecule has 0 fully saturated rings. The van der Waals surface area contributed by atoms with Crippen molar-refractivity contribution >= 4 is 5.82 Å². The van der Waals surface area contributed by atoms with Gasteiger partial charge in [-0.25, -0.2) is 9.97 Å². The fourth-order valence-electron chi connectivity index (χ4n) is 1.01. The largest absolute Gasteiger partial charge is 0.363 e. The molecular formula is C9H10N4O. The van der Waals surface area contributed by atoms with E-state index in [1.165, 1.54) is 6.26 Å². The maximum Gasteiger partial charge on any atom is 0.169 e. The number of hydrogen-bond acceptors (Lipinski definition) is 5. The number of anilines is 1. The van der Waals surface area contributed by atoms with Crippen LogP contribution in [0.3, 0.4) is 0 Å². The van der Waals surface area contributed by atoms with E-state index < -0.39 is 0 Å². The van der Waals surface area contributed by atoms with E-state index in [2.05, 4.69) is 25.0 Å². The zero-order valence-corrected chi connectivity index (χ0v) is 7.77. The van der Waals surface area contributed by atoms with Crippen molar-refractivity contribution in [3.63, 3.8) is 0 Å². The summed E-state index contributed by atoms with van der Waals surface area (Å²) in [7, 11) is 0. The SMILES string of the molecule is Cc1ncc(CNc2ccon2)cn1. The van der Waals surface area contributed by atoms with Gasteiger partial charge in [0.25, 0.3) is 0 Å². The number of rotatable bonds is 3. The molecular weight excluding hydrogens is 180 g/mol. The third-order valence-corrected chi connectivity index (χ3v) is 1.75. The topological polar surface area (TPSA) is 63.8 Å². The van der Waals surface area contributed by atoms with Gasteiger partial charge < -0.3 is 9.84 Å². The first kappa shape index (κ1) is 8.68. The second-order valence-electron chi connectivity index (χ2n) is 2.88. The van der Waals surface area contributed by atoms with Gasteiger partial charge in [-0.15, -0.1) is 0 Å². The lowest BCUT2D eigenvalue weighted by atomic mass is 10.3. The number of aromatic nitrogens is 3. The van der Waals surface area contributed by atoms with E-state index in [-0.39, 0.29) is 0 Å². The molecule has 0 spiro atoms. The first-order valence-corrected chi connectivity index (χ1v) is 4.26. The van der Waals surface area contributed by atoms with Crippen LogP contribution >= 0.6 is 0 Å². The van der Waals surface area contributed by atoms with E-state index in [1.807, 2.05) is 6.92 Å². The summed E-state index contributed by atoms with van der Waals surface area (Å²) in [6, 6.07) is 1.76. The summed E-state index contributed by atoms with van der Waals surface area (Å²) < 4.78 is 4.68. The lowest BCUT2D eigenvalue weighted by Gasteiger charge is -2.01. The van der Waals surface area contributed by atoms with Crippen molar-refractivity contribution in [1.82, 2.24) is 15.1 Å². The van der Waals surface area contributed by atoms with Crippen molar-refractivity contribution in [3.8, 4) is 0 Å². The quantitative estimate of drug-likeness (QED) is 0.792. The molecule has 0 amide bonds. The van der Waals surface area contributed by atoms with Crippen LogP contribution in [0, 0.1) is 6.92 Å². The van der Waals surface area contributed by atoms with Gasteiger partial charge in [0.1, 0.15) is 12.1 Å².